The van der Waals surface area contributed by atoms with Crippen LogP contribution in [0.2, 0.25) is 0 Å². The van der Waals surface area contributed by atoms with Crippen LogP contribution in [-0.4, -0.2) is 21.8 Å². The second-order valence-corrected chi connectivity index (χ2v) is 10.5. The summed E-state index contributed by atoms with van der Waals surface area (Å²) < 4.78 is 0. The number of hydrogen-bond acceptors (Lipinski definition) is 4. The summed E-state index contributed by atoms with van der Waals surface area (Å²) in [7, 11) is 0. The monoisotopic (exact) mass is 482 g/mol. The van der Waals surface area contributed by atoms with E-state index in [0.717, 1.165) is 30.4 Å². The SMILES string of the molecule is CCCCc1ccc(N2C(=O)C(=O)/C(=C(/O)c3cc(C(C)(C)C)ccc3C)C2c2ccccn2)cc1. The van der Waals surface area contributed by atoms with E-state index in [9.17, 15) is 14.7 Å². The Kier molecular flexibility index (Phi) is 7.11. The number of hydrogen-bond donors (Lipinski definition) is 1. The molecule has 1 amide bonds. The van der Waals surface area contributed by atoms with E-state index < -0.39 is 17.7 Å². The van der Waals surface area contributed by atoms with E-state index in [2.05, 4.69) is 32.7 Å². The van der Waals surface area contributed by atoms with E-state index >= 15 is 0 Å². The highest BCUT2D eigenvalue weighted by Crippen LogP contribution is 2.42. The van der Waals surface area contributed by atoms with Crippen molar-refractivity contribution in [3.63, 3.8) is 0 Å². The fourth-order valence-electron chi connectivity index (χ4n) is 4.61. The van der Waals surface area contributed by atoms with Gasteiger partial charge in [0.1, 0.15) is 11.8 Å². The van der Waals surface area contributed by atoms with Crippen LogP contribution in [0.5, 0.6) is 0 Å². The molecule has 3 aromatic rings. The summed E-state index contributed by atoms with van der Waals surface area (Å²) in [6.07, 6.45) is 4.79. The van der Waals surface area contributed by atoms with Crippen molar-refractivity contribution >= 4 is 23.1 Å². The number of aliphatic hydroxyl groups excluding tert-OH is 1. The van der Waals surface area contributed by atoms with E-state index in [1.165, 1.54) is 10.5 Å². The largest absolute Gasteiger partial charge is 0.507 e. The van der Waals surface area contributed by atoms with Gasteiger partial charge in [-0.05, 0) is 72.2 Å². The molecule has 1 saturated heterocycles. The summed E-state index contributed by atoms with van der Waals surface area (Å²) >= 11 is 0. The number of benzene rings is 2. The number of aliphatic hydroxyl groups is 1. The molecule has 0 radical (unpaired) electrons. The van der Waals surface area contributed by atoms with E-state index in [1.54, 1.807) is 18.3 Å². The number of aromatic nitrogens is 1. The van der Waals surface area contributed by atoms with Crippen molar-refractivity contribution in [1.82, 2.24) is 4.98 Å². The second kappa shape index (κ2) is 10.1. The summed E-state index contributed by atoms with van der Waals surface area (Å²) in [5, 5.41) is 11.6. The summed E-state index contributed by atoms with van der Waals surface area (Å²) in [5.74, 6) is -1.55. The van der Waals surface area contributed by atoms with Gasteiger partial charge in [-0.15, -0.1) is 0 Å². The lowest BCUT2D eigenvalue weighted by Gasteiger charge is -2.25. The molecule has 2 heterocycles. The highest BCUT2D eigenvalue weighted by atomic mass is 16.3. The smallest absolute Gasteiger partial charge is 0.300 e. The number of amides is 1. The maximum atomic E-state index is 13.5. The number of carbonyl (C=O) groups is 2. The minimum absolute atomic E-state index is 0.0583. The zero-order valence-corrected chi connectivity index (χ0v) is 21.7. The number of ketones is 1. The molecule has 1 atom stereocenters. The van der Waals surface area contributed by atoms with Crippen LogP contribution in [0, 0.1) is 6.92 Å². The molecule has 1 aliphatic rings. The Labute approximate surface area is 213 Å². The van der Waals surface area contributed by atoms with Crippen molar-refractivity contribution in [3.8, 4) is 0 Å². The molecule has 1 unspecified atom stereocenters. The molecule has 5 nitrogen and oxygen atoms in total. The van der Waals surface area contributed by atoms with Gasteiger partial charge in [-0.1, -0.05) is 64.4 Å². The van der Waals surface area contributed by atoms with E-state index in [4.69, 9.17) is 0 Å². The molecule has 0 saturated carbocycles. The minimum Gasteiger partial charge on any atom is -0.507 e. The molecule has 1 aromatic heterocycles. The van der Waals surface area contributed by atoms with Crippen molar-refractivity contribution in [2.75, 3.05) is 4.90 Å². The highest BCUT2D eigenvalue weighted by Gasteiger charge is 2.47. The van der Waals surface area contributed by atoms with Gasteiger partial charge in [0.25, 0.3) is 11.7 Å². The predicted octanol–water partition coefficient (Wildman–Crippen LogP) is 6.66. The van der Waals surface area contributed by atoms with Crippen molar-refractivity contribution < 1.29 is 14.7 Å². The number of aryl methyl sites for hydroxylation is 2. The van der Waals surface area contributed by atoms with Crippen molar-refractivity contribution in [2.45, 2.75) is 65.3 Å². The average Bonchev–Trinajstić information content (AvgIpc) is 3.13. The van der Waals surface area contributed by atoms with Gasteiger partial charge in [0.05, 0.1) is 11.3 Å². The summed E-state index contributed by atoms with van der Waals surface area (Å²) in [5.41, 5.74) is 4.63. The third-order valence-corrected chi connectivity index (χ3v) is 6.80. The topological polar surface area (TPSA) is 70.5 Å². The molecule has 186 valence electrons. The van der Waals surface area contributed by atoms with Gasteiger partial charge in [-0.25, -0.2) is 0 Å². The average molecular weight is 483 g/mol. The lowest BCUT2D eigenvalue weighted by atomic mass is 9.84. The zero-order chi connectivity index (χ0) is 26.0. The van der Waals surface area contributed by atoms with Gasteiger partial charge in [-0.3, -0.25) is 19.5 Å². The van der Waals surface area contributed by atoms with Crippen LogP contribution in [-0.2, 0) is 21.4 Å². The van der Waals surface area contributed by atoms with Crippen LogP contribution in [0.1, 0.15) is 74.5 Å². The number of unbranched alkanes of at least 4 members (excludes halogenated alkanes) is 1. The van der Waals surface area contributed by atoms with Crippen molar-refractivity contribution in [2.24, 2.45) is 0 Å². The number of nitrogens with zero attached hydrogens (tertiary/aromatic N) is 2. The Hall–Kier alpha value is -3.73. The molecule has 2 aromatic carbocycles. The summed E-state index contributed by atoms with van der Waals surface area (Å²) in [6.45, 7) is 10.3. The minimum atomic E-state index is -0.828. The normalized spacial score (nSPS) is 17.6. The molecular weight excluding hydrogens is 448 g/mol. The molecule has 0 bridgehead atoms. The Morgan fingerprint density at radius 1 is 1.03 bits per heavy atom. The quantitative estimate of drug-likeness (QED) is 0.242. The van der Waals surface area contributed by atoms with Gasteiger partial charge in [0, 0.05) is 17.4 Å². The third kappa shape index (κ3) is 4.83. The van der Waals surface area contributed by atoms with Gasteiger partial charge in [0.15, 0.2) is 0 Å². The Balaban J connectivity index is 1.88. The molecule has 5 heteroatoms. The molecule has 0 spiro atoms. The Bertz CT molecular complexity index is 1300. The van der Waals surface area contributed by atoms with Crippen LogP contribution in [0.4, 0.5) is 5.69 Å². The first-order chi connectivity index (χ1) is 17.1. The lowest BCUT2D eigenvalue weighted by molar-refractivity contribution is -0.132. The first-order valence-corrected chi connectivity index (χ1v) is 12.6. The fourth-order valence-corrected chi connectivity index (χ4v) is 4.61. The van der Waals surface area contributed by atoms with Crippen molar-refractivity contribution in [3.05, 3.63) is 100 Å². The predicted molar refractivity (Wildman–Crippen MR) is 144 cm³/mol. The van der Waals surface area contributed by atoms with Crippen LogP contribution < -0.4 is 4.90 Å². The number of carbonyl (C=O) groups excluding carboxylic acids is 2. The van der Waals surface area contributed by atoms with E-state index in [-0.39, 0.29) is 16.7 Å². The molecular formula is C31H34N2O3. The Morgan fingerprint density at radius 2 is 1.75 bits per heavy atom. The standard InChI is InChI=1S/C31H34N2O3/c1-6-7-10-21-13-16-23(17-14-21)33-27(25-11-8-9-18-32-25)26(29(35)30(33)36)28(34)24-19-22(31(3,4)5)15-12-20(24)2/h8-9,11-19,27,34H,6-7,10H2,1-5H3/b28-26+. The molecule has 36 heavy (non-hydrogen) atoms. The van der Waals surface area contributed by atoms with Crippen LogP contribution in [0.3, 0.4) is 0 Å². The first-order valence-electron chi connectivity index (χ1n) is 12.6. The molecule has 0 aliphatic carbocycles. The van der Waals surface area contributed by atoms with Gasteiger partial charge in [-0.2, -0.15) is 0 Å². The second-order valence-electron chi connectivity index (χ2n) is 10.5. The van der Waals surface area contributed by atoms with E-state index in [0.29, 0.717) is 16.9 Å². The van der Waals surface area contributed by atoms with Crippen molar-refractivity contribution in [1.29, 1.82) is 0 Å². The maximum Gasteiger partial charge on any atom is 0.300 e. The van der Waals surface area contributed by atoms with Gasteiger partial charge in [0.2, 0.25) is 0 Å². The van der Waals surface area contributed by atoms with Crippen LogP contribution in [0.25, 0.3) is 5.76 Å². The van der Waals surface area contributed by atoms with Crippen LogP contribution >= 0.6 is 0 Å². The zero-order valence-electron chi connectivity index (χ0n) is 21.7. The first kappa shape index (κ1) is 25.4. The third-order valence-electron chi connectivity index (χ3n) is 6.80. The molecule has 4 rings (SSSR count). The number of Topliss-reactive ketones (excluding diaryl/α,β-unsaturated/α-hetero) is 1. The molecule has 1 N–H and O–H groups in total. The number of pyridine rings is 1. The Morgan fingerprint density at radius 3 is 2.36 bits per heavy atom. The fraction of sp³-hybridized carbons (Fsp3) is 0.323. The summed E-state index contributed by atoms with van der Waals surface area (Å²) in [6, 6.07) is 18.2. The molecule has 1 fully saturated rings. The van der Waals surface area contributed by atoms with Crippen LogP contribution in [0.15, 0.2) is 72.4 Å². The maximum absolute atomic E-state index is 13.5. The molecule has 1 aliphatic heterocycles. The number of anilines is 1. The number of rotatable bonds is 6. The van der Waals surface area contributed by atoms with Gasteiger partial charge < -0.3 is 5.11 Å². The van der Waals surface area contributed by atoms with E-state index in [1.807, 2.05) is 55.5 Å². The lowest BCUT2D eigenvalue weighted by Crippen LogP contribution is -2.29. The highest BCUT2D eigenvalue weighted by molar-refractivity contribution is 6.51. The summed E-state index contributed by atoms with van der Waals surface area (Å²) in [4.78, 5) is 32.8. The van der Waals surface area contributed by atoms with Gasteiger partial charge >= 0.3 is 0 Å².